The predicted octanol–water partition coefficient (Wildman–Crippen LogP) is 2.28. The van der Waals surface area contributed by atoms with Gasteiger partial charge in [0.15, 0.2) is 8.32 Å². The van der Waals surface area contributed by atoms with Crippen LogP contribution in [-0.2, 0) is 26.2 Å². The molecule has 0 heterocycles. The zero-order chi connectivity index (χ0) is 12.9. The first-order valence-electron chi connectivity index (χ1n) is 6.85. The molecule has 0 aliphatic carbocycles. The zero-order valence-corrected chi connectivity index (χ0v) is 16.7. The Kier molecular flexibility index (Phi) is 40.5. The van der Waals surface area contributed by atoms with Crippen molar-refractivity contribution in [1.29, 1.82) is 0 Å². The molecule has 0 spiro atoms. The average molecular weight is 376 g/mol. The van der Waals surface area contributed by atoms with Crippen LogP contribution in [0.1, 0.15) is 59.3 Å². The molecular weight excluding hydrogens is 339 g/mol. The Morgan fingerprint density at radius 3 is 1.05 bits per heavy atom. The maximum Gasteiger partial charge on any atom is 0.188 e. The Balaban J connectivity index is -0.000000124. The molecule has 6 N–H and O–H groups in total. The quantitative estimate of drug-likeness (QED) is 0.604. The van der Waals surface area contributed by atoms with E-state index in [1.807, 2.05) is 0 Å². The van der Waals surface area contributed by atoms with Gasteiger partial charge in [0.2, 0.25) is 0 Å². The number of hydrogen-bond acceptors (Lipinski definition) is 2. The van der Waals surface area contributed by atoms with Gasteiger partial charge in [0.25, 0.3) is 0 Å². The smallest absolute Gasteiger partial charge is 0.188 e. The van der Waals surface area contributed by atoms with E-state index >= 15 is 0 Å². The monoisotopic (exact) mass is 374 g/mol. The molecule has 0 amide bonds. The van der Waals surface area contributed by atoms with Gasteiger partial charge in [0.05, 0.1) is 0 Å². The Hall–Kier alpha value is 0.940. The van der Waals surface area contributed by atoms with Gasteiger partial charge in [-0.15, -0.1) is 0 Å². The summed E-state index contributed by atoms with van der Waals surface area (Å²) in [6.45, 7) is 6.65. The zero-order valence-electron chi connectivity index (χ0n) is 13.3. The van der Waals surface area contributed by atoms with E-state index in [1.165, 1.54) is 38.5 Å². The number of aliphatic hydroxyl groups excluding tert-OH is 1. The van der Waals surface area contributed by atoms with Crippen molar-refractivity contribution in [1.82, 2.24) is 0 Å². The summed E-state index contributed by atoms with van der Waals surface area (Å²) in [6, 6.07) is 3.43. The van der Waals surface area contributed by atoms with Crippen LogP contribution in [-0.4, -0.2) is 36.3 Å². The summed E-state index contributed by atoms with van der Waals surface area (Å²) in [5, 5.41) is 7.00. The summed E-state index contributed by atoms with van der Waals surface area (Å²) in [5.41, 5.74) is 0. The summed E-state index contributed by atoms with van der Waals surface area (Å²) in [5.74, 6) is 0. The van der Waals surface area contributed by atoms with Gasteiger partial charge in [0.1, 0.15) is 0 Å². The van der Waals surface area contributed by atoms with Gasteiger partial charge in [-0.3, -0.25) is 0 Å². The number of unbranched alkanes of at least 4 members (excludes halogenated alkanes) is 3. The maximum atomic E-state index is 10.5. The second kappa shape index (κ2) is 24.0. The molecule has 0 aromatic rings. The van der Waals surface area contributed by atoms with Crippen LogP contribution in [0.15, 0.2) is 0 Å². The molecule has 0 saturated heterocycles. The molecule has 0 aliphatic heterocycles. The fraction of sp³-hybridized carbons (Fsp3) is 1.00. The minimum absolute atomic E-state index is 0. The van der Waals surface area contributed by atoms with Crippen molar-refractivity contribution in [2.75, 3.05) is 7.11 Å². The third kappa shape index (κ3) is 21.4. The molecule has 6 heteroatoms. The van der Waals surface area contributed by atoms with Gasteiger partial charge < -0.3 is 20.9 Å². The molecule has 120 valence electrons. The van der Waals surface area contributed by atoms with E-state index in [-0.39, 0.29) is 37.2 Å². The standard InChI is InChI=1S/C12H28OSi.CH4O.2H2O.Zr/c1-4-7-10-14(13,11-8-5-2)12-9-6-3;1-2;;;/h13H,4-12H2,1-3H3;2H,1H3;2*1H2;. The molecule has 0 aliphatic rings. The summed E-state index contributed by atoms with van der Waals surface area (Å²) >= 11 is 0. The Labute approximate surface area is 139 Å². The molecule has 0 bridgehead atoms. The van der Waals surface area contributed by atoms with E-state index in [9.17, 15) is 4.80 Å². The van der Waals surface area contributed by atoms with Crippen LogP contribution in [0.5, 0.6) is 0 Å². The van der Waals surface area contributed by atoms with Crippen molar-refractivity contribution in [3.05, 3.63) is 0 Å². The number of aliphatic hydroxyl groups is 1. The van der Waals surface area contributed by atoms with Crippen molar-refractivity contribution < 1.29 is 47.1 Å². The van der Waals surface area contributed by atoms with E-state index in [2.05, 4.69) is 20.8 Å². The largest absolute Gasteiger partial charge is 0.432 e. The molecular formula is C13H36O4SiZr. The molecule has 0 saturated carbocycles. The first-order valence-corrected chi connectivity index (χ1v) is 9.42. The van der Waals surface area contributed by atoms with Crippen LogP contribution >= 0.6 is 0 Å². The predicted molar refractivity (Wildman–Crippen MR) is 82.5 cm³/mol. The molecule has 0 aromatic heterocycles. The van der Waals surface area contributed by atoms with Crippen molar-refractivity contribution in [2.24, 2.45) is 0 Å². The van der Waals surface area contributed by atoms with Gasteiger partial charge in [0, 0.05) is 33.3 Å². The Morgan fingerprint density at radius 2 is 0.895 bits per heavy atom. The molecule has 0 unspecified atom stereocenters. The normalized spacial score (nSPS) is 9.16. The van der Waals surface area contributed by atoms with Crippen LogP contribution < -0.4 is 0 Å². The topological polar surface area (TPSA) is 103 Å². The second-order valence-electron chi connectivity index (χ2n) is 4.54. The minimum Gasteiger partial charge on any atom is -0.432 e. The SMILES string of the molecule is CCCC[Si](O)(CCCC)CCCC.CO.O.O.[Zr]. The van der Waals surface area contributed by atoms with Crippen molar-refractivity contribution in [2.45, 2.75) is 77.4 Å². The second-order valence-corrected chi connectivity index (χ2v) is 8.48. The molecule has 0 radical (unpaired) electrons. The van der Waals surface area contributed by atoms with Crippen LogP contribution in [0.3, 0.4) is 0 Å². The first kappa shape index (κ1) is 32.0. The van der Waals surface area contributed by atoms with Gasteiger partial charge in [-0.2, -0.15) is 0 Å². The Morgan fingerprint density at radius 1 is 0.684 bits per heavy atom. The molecule has 0 aromatic carbocycles. The number of hydrogen-bond donors (Lipinski definition) is 2. The van der Waals surface area contributed by atoms with Crippen LogP contribution in [0.2, 0.25) is 18.1 Å². The summed E-state index contributed by atoms with van der Waals surface area (Å²) in [4.78, 5) is 10.5. The van der Waals surface area contributed by atoms with Crippen LogP contribution in [0.25, 0.3) is 0 Å². The third-order valence-corrected chi connectivity index (χ3v) is 6.84. The van der Waals surface area contributed by atoms with Gasteiger partial charge >= 0.3 is 0 Å². The first-order chi connectivity index (χ1) is 7.68. The van der Waals surface area contributed by atoms with E-state index in [4.69, 9.17) is 5.11 Å². The maximum absolute atomic E-state index is 10.5. The van der Waals surface area contributed by atoms with Crippen LogP contribution in [0, 0.1) is 0 Å². The Bertz CT molecular complexity index is 118. The molecule has 0 rings (SSSR count). The number of rotatable bonds is 9. The van der Waals surface area contributed by atoms with Crippen molar-refractivity contribution in [3.63, 3.8) is 0 Å². The minimum atomic E-state index is -1.81. The molecule has 0 atom stereocenters. The molecule has 0 fully saturated rings. The van der Waals surface area contributed by atoms with E-state index in [1.54, 1.807) is 0 Å². The fourth-order valence-electron chi connectivity index (χ4n) is 1.89. The summed E-state index contributed by atoms with van der Waals surface area (Å²) in [6.07, 6.45) is 7.39. The van der Waals surface area contributed by atoms with Crippen LogP contribution in [0.4, 0.5) is 0 Å². The van der Waals surface area contributed by atoms with Gasteiger partial charge in [-0.05, 0) is 18.1 Å². The van der Waals surface area contributed by atoms with E-state index in [0.29, 0.717) is 0 Å². The third-order valence-electron chi connectivity index (χ3n) is 2.99. The summed E-state index contributed by atoms with van der Waals surface area (Å²) < 4.78 is 0. The molecule has 19 heavy (non-hydrogen) atoms. The van der Waals surface area contributed by atoms with E-state index < -0.39 is 8.32 Å². The molecule has 4 nitrogen and oxygen atoms in total. The van der Waals surface area contributed by atoms with Gasteiger partial charge in [-0.1, -0.05) is 59.3 Å². The van der Waals surface area contributed by atoms with E-state index in [0.717, 1.165) is 25.2 Å². The van der Waals surface area contributed by atoms with Crippen molar-refractivity contribution >= 4 is 8.32 Å². The fourth-order valence-corrected chi connectivity index (χ4v) is 5.68. The van der Waals surface area contributed by atoms with Gasteiger partial charge in [-0.25, -0.2) is 0 Å². The average Bonchev–Trinajstić information content (AvgIpc) is 2.34. The summed E-state index contributed by atoms with van der Waals surface area (Å²) in [7, 11) is -0.812. The van der Waals surface area contributed by atoms with Crippen molar-refractivity contribution in [3.8, 4) is 0 Å².